The molecule has 1 unspecified atom stereocenters. The molecule has 0 spiro atoms. The maximum absolute atomic E-state index is 13.4. The number of hydrogen-bond donors (Lipinski definition) is 2. The van der Waals surface area contributed by atoms with Crippen LogP contribution in [0, 0.1) is 27.7 Å². The molecule has 1 rings (SSSR count). The number of nitro groups is 1. The fourth-order valence-electron chi connectivity index (χ4n) is 1.74. The first-order chi connectivity index (χ1) is 9.22. The molecule has 0 amide bonds. The second-order valence-corrected chi connectivity index (χ2v) is 4.71. The number of halogens is 2. The van der Waals surface area contributed by atoms with Gasteiger partial charge in [0.2, 0.25) is 5.82 Å². The lowest BCUT2D eigenvalue weighted by atomic mass is 10.0. The minimum absolute atomic E-state index is 0.0129. The van der Waals surface area contributed by atoms with Gasteiger partial charge in [-0.3, -0.25) is 10.1 Å². The van der Waals surface area contributed by atoms with Crippen LogP contribution in [-0.4, -0.2) is 22.0 Å². The van der Waals surface area contributed by atoms with Gasteiger partial charge in [0.15, 0.2) is 0 Å². The van der Waals surface area contributed by atoms with E-state index in [-0.39, 0.29) is 12.3 Å². The summed E-state index contributed by atoms with van der Waals surface area (Å²) in [6, 6.07) is -0.0890. The second kappa shape index (κ2) is 6.27. The first kappa shape index (κ1) is 15.8. The van der Waals surface area contributed by atoms with Crippen LogP contribution in [0.2, 0.25) is 0 Å². The fourth-order valence-corrected chi connectivity index (χ4v) is 1.74. The molecule has 1 aromatic rings. The molecule has 0 heterocycles. The molecule has 0 aliphatic carbocycles. The van der Waals surface area contributed by atoms with Crippen molar-refractivity contribution >= 4 is 17.3 Å². The molecule has 0 aliphatic heterocycles. The van der Waals surface area contributed by atoms with Crippen molar-refractivity contribution in [3.8, 4) is 0 Å². The second-order valence-electron chi connectivity index (χ2n) is 4.71. The van der Waals surface area contributed by atoms with Crippen molar-refractivity contribution in [2.75, 3.05) is 5.32 Å². The molecule has 0 aromatic heterocycles. The Morgan fingerprint density at radius 3 is 2.50 bits per heavy atom. The van der Waals surface area contributed by atoms with E-state index in [0.717, 1.165) is 0 Å². The number of nitrogens with zero attached hydrogens (tertiary/aromatic N) is 1. The Morgan fingerprint density at radius 1 is 1.45 bits per heavy atom. The molecular weight excluding hydrogens is 274 g/mol. The number of nitro benzene ring substituents is 1. The van der Waals surface area contributed by atoms with Crippen LogP contribution < -0.4 is 5.32 Å². The van der Waals surface area contributed by atoms with Crippen LogP contribution in [0.15, 0.2) is 12.1 Å². The predicted molar refractivity (Wildman–Crippen MR) is 67.5 cm³/mol. The first-order valence-electron chi connectivity index (χ1n) is 5.85. The number of rotatable bonds is 6. The average Bonchev–Trinajstić information content (AvgIpc) is 2.25. The van der Waals surface area contributed by atoms with Gasteiger partial charge >= 0.3 is 11.7 Å². The monoisotopic (exact) mass is 288 g/mol. The van der Waals surface area contributed by atoms with Crippen LogP contribution >= 0.6 is 0 Å². The van der Waals surface area contributed by atoms with Gasteiger partial charge < -0.3 is 10.4 Å². The van der Waals surface area contributed by atoms with Gasteiger partial charge in [-0.15, -0.1) is 0 Å². The van der Waals surface area contributed by atoms with Crippen LogP contribution in [0.1, 0.15) is 20.3 Å². The summed E-state index contributed by atoms with van der Waals surface area (Å²) >= 11 is 0. The van der Waals surface area contributed by atoms with E-state index in [4.69, 9.17) is 5.11 Å². The topological polar surface area (TPSA) is 92.5 Å². The van der Waals surface area contributed by atoms with Crippen molar-refractivity contribution in [2.45, 2.75) is 26.3 Å². The van der Waals surface area contributed by atoms with Crippen LogP contribution in [0.5, 0.6) is 0 Å². The van der Waals surface area contributed by atoms with E-state index in [9.17, 15) is 23.7 Å². The quantitative estimate of drug-likeness (QED) is 0.620. The summed E-state index contributed by atoms with van der Waals surface area (Å²) in [5.41, 5.74) is -1.46. The van der Waals surface area contributed by atoms with Gasteiger partial charge in [-0.2, -0.15) is 4.39 Å². The van der Waals surface area contributed by atoms with Gasteiger partial charge in [0.1, 0.15) is 17.5 Å². The fraction of sp³-hybridized carbons (Fsp3) is 0.417. The molecule has 0 saturated heterocycles. The molecule has 1 aromatic carbocycles. The number of nitrogens with one attached hydrogen (secondary N) is 1. The zero-order valence-corrected chi connectivity index (χ0v) is 10.9. The highest BCUT2D eigenvalue weighted by molar-refractivity contribution is 5.79. The third-order valence-electron chi connectivity index (χ3n) is 2.55. The van der Waals surface area contributed by atoms with E-state index < -0.39 is 39.9 Å². The van der Waals surface area contributed by atoms with E-state index >= 15 is 0 Å². The van der Waals surface area contributed by atoms with Gasteiger partial charge in [0.05, 0.1) is 4.92 Å². The highest BCUT2D eigenvalue weighted by atomic mass is 19.1. The molecule has 0 aliphatic rings. The molecule has 8 heteroatoms. The lowest BCUT2D eigenvalue weighted by Gasteiger charge is -2.17. The van der Waals surface area contributed by atoms with Gasteiger partial charge in [-0.05, 0) is 12.3 Å². The molecule has 6 nitrogen and oxygen atoms in total. The van der Waals surface area contributed by atoms with E-state index in [1.165, 1.54) is 0 Å². The summed E-state index contributed by atoms with van der Waals surface area (Å²) in [7, 11) is 0. The Kier molecular flexibility index (Phi) is 4.95. The molecule has 0 saturated carbocycles. The van der Waals surface area contributed by atoms with Crippen molar-refractivity contribution in [1.82, 2.24) is 0 Å². The van der Waals surface area contributed by atoms with Crippen molar-refractivity contribution in [3.05, 3.63) is 33.9 Å². The number of anilines is 1. The van der Waals surface area contributed by atoms with Crippen LogP contribution in [0.25, 0.3) is 0 Å². The molecule has 110 valence electrons. The number of benzene rings is 1. The Labute approximate surface area is 113 Å². The Bertz CT molecular complexity index is 534. The number of hydrogen-bond acceptors (Lipinski definition) is 4. The number of carboxylic acid groups (broad SMARTS) is 1. The zero-order valence-electron chi connectivity index (χ0n) is 10.9. The van der Waals surface area contributed by atoms with Crippen LogP contribution in [0.4, 0.5) is 20.2 Å². The van der Waals surface area contributed by atoms with Gasteiger partial charge in [-0.1, -0.05) is 13.8 Å². The maximum atomic E-state index is 13.4. The lowest BCUT2D eigenvalue weighted by molar-refractivity contribution is -0.386. The van der Waals surface area contributed by atoms with Crippen LogP contribution in [-0.2, 0) is 4.79 Å². The van der Waals surface area contributed by atoms with Crippen molar-refractivity contribution < 1.29 is 23.6 Å². The van der Waals surface area contributed by atoms with Gasteiger partial charge in [-0.25, -0.2) is 9.18 Å². The van der Waals surface area contributed by atoms with Crippen LogP contribution in [0.3, 0.4) is 0 Å². The van der Waals surface area contributed by atoms with Gasteiger partial charge in [0.25, 0.3) is 0 Å². The summed E-state index contributed by atoms with van der Waals surface area (Å²) in [6.45, 7) is 3.52. The number of carboxylic acids is 1. The molecule has 20 heavy (non-hydrogen) atoms. The minimum atomic E-state index is -1.36. The highest BCUT2D eigenvalue weighted by Crippen LogP contribution is 2.30. The maximum Gasteiger partial charge on any atom is 0.327 e. The SMILES string of the molecule is CC(C)CC(Nc1cc(F)cc(F)c1[N+](=O)[O-])C(=O)O. The van der Waals surface area contributed by atoms with Crippen molar-refractivity contribution in [3.63, 3.8) is 0 Å². The number of carbonyl (C=O) groups is 1. The number of aliphatic carboxylic acids is 1. The lowest BCUT2D eigenvalue weighted by Crippen LogP contribution is -2.31. The standard InChI is InChI=1S/C12H14F2N2O4/c1-6(2)3-10(12(17)18)15-9-5-7(13)4-8(14)11(9)16(19)20/h4-6,10,15H,3H2,1-2H3,(H,17,18). The molecule has 0 radical (unpaired) electrons. The van der Waals surface area contributed by atoms with E-state index in [0.29, 0.717) is 12.1 Å². The summed E-state index contributed by atoms with van der Waals surface area (Å²) < 4.78 is 26.5. The first-order valence-corrected chi connectivity index (χ1v) is 5.85. The molecule has 0 fully saturated rings. The third-order valence-corrected chi connectivity index (χ3v) is 2.55. The summed E-state index contributed by atoms with van der Waals surface area (Å²) in [6.07, 6.45) is 0.157. The van der Waals surface area contributed by atoms with Crippen molar-refractivity contribution in [2.24, 2.45) is 5.92 Å². The molecule has 1 atom stereocenters. The smallest absolute Gasteiger partial charge is 0.327 e. The van der Waals surface area contributed by atoms with Gasteiger partial charge in [0, 0.05) is 12.1 Å². The summed E-state index contributed by atoms with van der Waals surface area (Å²) in [5, 5.41) is 22.1. The van der Waals surface area contributed by atoms with E-state index in [1.807, 2.05) is 0 Å². The van der Waals surface area contributed by atoms with E-state index in [1.54, 1.807) is 13.8 Å². The predicted octanol–water partition coefficient (Wildman–Crippen LogP) is 2.78. The molecule has 0 bridgehead atoms. The molecule has 2 N–H and O–H groups in total. The minimum Gasteiger partial charge on any atom is -0.480 e. The van der Waals surface area contributed by atoms with E-state index in [2.05, 4.69) is 5.32 Å². The molecular formula is C12H14F2N2O4. The summed E-state index contributed by atoms with van der Waals surface area (Å²) in [5.74, 6) is -3.64. The summed E-state index contributed by atoms with van der Waals surface area (Å²) in [4.78, 5) is 20.8. The zero-order chi connectivity index (χ0) is 15.4. The average molecular weight is 288 g/mol. The normalized spacial score (nSPS) is 12.2. The Balaban J connectivity index is 3.17. The Morgan fingerprint density at radius 2 is 2.05 bits per heavy atom. The Hall–Kier alpha value is -2.25. The largest absolute Gasteiger partial charge is 0.480 e. The van der Waals surface area contributed by atoms with Crippen molar-refractivity contribution in [1.29, 1.82) is 0 Å². The highest BCUT2D eigenvalue weighted by Gasteiger charge is 2.26. The third kappa shape index (κ3) is 3.87.